The molecule has 3 unspecified atom stereocenters. The van der Waals surface area contributed by atoms with Gasteiger partial charge < -0.3 is 4.55 Å². The molecule has 2 fully saturated rings. The molecule has 0 spiro atoms. The number of fused-ring (bicyclic) bond motifs is 2. The highest BCUT2D eigenvalue weighted by molar-refractivity contribution is 7.98. The van der Waals surface area contributed by atoms with Crippen LogP contribution in [-0.2, 0) is 30.6 Å². The second-order valence-electron chi connectivity index (χ2n) is 10.9. The predicted octanol–water partition coefficient (Wildman–Crippen LogP) is 3.58. The average molecular weight is 435 g/mol. The molecule has 0 amide bonds. The lowest BCUT2D eigenvalue weighted by molar-refractivity contribution is -0.128. The van der Waals surface area contributed by atoms with E-state index in [9.17, 15) is 22.6 Å². The van der Waals surface area contributed by atoms with Gasteiger partial charge in [0.25, 0.3) is 0 Å². The highest BCUT2D eigenvalue weighted by Gasteiger charge is 2.64. The molecule has 2 bridgehead atoms. The van der Waals surface area contributed by atoms with Gasteiger partial charge in [0.2, 0.25) is 0 Å². The molecule has 0 aromatic carbocycles. The Kier molecular flexibility index (Phi) is 7.35. The topological polar surface area (TPSA) is 91.3 Å². The van der Waals surface area contributed by atoms with Crippen molar-refractivity contribution < 1.29 is 22.6 Å². The summed E-state index contributed by atoms with van der Waals surface area (Å²) in [7, 11) is -4.14. The first-order valence-corrected chi connectivity index (χ1v) is 13.2. The third kappa shape index (κ3) is 5.60. The zero-order chi connectivity index (χ0) is 22.3. The summed E-state index contributed by atoms with van der Waals surface area (Å²) in [6.45, 7) is 16.4. The van der Waals surface area contributed by atoms with E-state index in [0.29, 0.717) is 18.6 Å². The van der Waals surface area contributed by atoms with E-state index in [-0.39, 0.29) is 38.2 Å². The summed E-state index contributed by atoms with van der Waals surface area (Å²) >= 11 is 0. The number of hydrogen-bond acceptors (Lipinski definition) is 5. The molecule has 0 saturated heterocycles. The zero-order valence-electron chi connectivity index (χ0n) is 19.0. The fourth-order valence-corrected chi connectivity index (χ4v) is 6.58. The molecule has 2 aliphatic carbocycles. The molecule has 0 aromatic heterocycles. The third-order valence-corrected chi connectivity index (χ3v) is 10.4. The van der Waals surface area contributed by atoms with E-state index in [2.05, 4.69) is 27.0 Å². The van der Waals surface area contributed by atoms with Gasteiger partial charge in [0.05, 0.1) is 22.1 Å². The molecular formula is C21H38O5S2. The van der Waals surface area contributed by atoms with Gasteiger partial charge in [0.15, 0.2) is 11.5 Å². The van der Waals surface area contributed by atoms with Gasteiger partial charge in [0.1, 0.15) is 10.5 Å². The standard InChI is InChI=1S/C11H23OS.C10H16O4S/c1-10(2,3)9(12)8-13(7)11(4,5)6;1-9(2)7-3-4-10(9,8(11)5-7)6-15(12,13)14/h8H2,1-7H3;7H,3-6H2,1-2H3,(H,12,13,14)/q+1;/p-1. The lowest BCUT2D eigenvalue weighted by Crippen LogP contribution is -2.42. The number of rotatable bonds is 4. The zero-order valence-corrected chi connectivity index (χ0v) is 20.6. The number of hydrogen-bond donors (Lipinski definition) is 0. The van der Waals surface area contributed by atoms with Crippen LogP contribution < -0.4 is 0 Å². The molecule has 164 valence electrons. The third-order valence-electron chi connectivity index (χ3n) is 6.79. The van der Waals surface area contributed by atoms with Gasteiger partial charge in [-0.05, 0) is 55.8 Å². The Labute approximate surface area is 174 Å². The molecule has 0 aromatic rings. The minimum absolute atomic E-state index is 0.0248. The smallest absolute Gasteiger partial charge is 0.187 e. The Balaban J connectivity index is 0.000000284. The Morgan fingerprint density at radius 3 is 1.96 bits per heavy atom. The van der Waals surface area contributed by atoms with Crippen LogP contribution in [0, 0.1) is 22.2 Å². The Morgan fingerprint density at radius 2 is 1.68 bits per heavy atom. The Bertz CT molecular complexity index is 710. The lowest BCUT2D eigenvalue weighted by Gasteiger charge is -2.37. The van der Waals surface area contributed by atoms with Crippen molar-refractivity contribution in [3.05, 3.63) is 0 Å². The first-order chi connectivity index (χ1) is 12.2. The number of carbonyl (C=O) groups is 2. The van der Waals surface area contributed by atoms with Gasteiger partial charge in [-0.2, -0.15) is 0 Å². The fourth-order valence-electron chi connectivity index (χ4n) is 4.04. The van der Waals surface area contributed by atoms with E-state index in [4.69, 9.17) is 0 Å². The summed E-state index contributed by atoms with van der Waals surface area (Å²) in [5.41, 5.74) is -1.40. The van der Waals surface area contributed by atoms with Gasteiger partial charge in [-0.25, -0.2) is 8.42 Å². The normalized spacial score (nSPS) is 27.9. The second-order valence-corrected chi connectivity index (χ2v) is 15.1. The number of carbonyl (C=O) groups excluding carboxylic acids is 2. The van der Waals surface area contributed by atoms with Gasteiger partial charge in [-0.15, -0.1) is 0 Å². The Morgan fingerprint density at radius 1 is 1.18 bits per heavy atom. The molecule has 0 N–H and O–H groups in total. The van der Waals surface area contributed by atoms with Crippen molar-refractivity contribution in [2.75, 3.05) is 17.8 Å². The SMILES string of the molecule is CC1(C)C2CCC1(CS(=O)(=O)[O-])C(=O)C2.C[S+](CC(=O)C(C)(C)C)C(C)(C)C. The molecule has 0 radical (unpaired) electrons. The van der Waals surface area contributed by atoms with E-state index in [1.807, 2.05) is 34.6 Å². The average Bonchev–Trinajstić information content (AvgIpc) is 2.78. The minimum Gasteiger partial charge on any atom is -0.748 e. The highest BCUT2D eigenvalue weighted by atomic mass is 32.2. The van der Waals surface area contributed by atoms with Crippen LogP contribution in [0.25, 0.3) is 0 Å². The summed E-state index contributed by atoms with van der Waals surface area (Å²) in [5, 5.41) is 0. The number of Topliss-reactive ketones (excluding diaryl/α,β-unsaturated/α-hetero) is 2. The quantitative estimate of drug-likeness (QED) is 0.498. The number of ketones is 2. The first kappa shape index (κ1) is 25.6. The molecule has 5 nitrogen and oxygen atoms in total. The van der Waals surface area contributed by atoms with Crippen molar-refractivity contribution in [3.8, 4) is 0 Å². The maximum Gasteiger partial charge on any atom is 0.187 e. The molecule has 2 rings (SSSR count). The summed E-state index contributed by atoms with van der Waals surface area (Å²) in [6.07, 6.45) is 4.06. The molecular weight excluding hydrogens is 396 g/mol. The van der Waals surface area contributed by atoms with Crippen molar-refractivity contribution in [2.24, 2.45) is 22.2 Å². The molecule has 0 heterocycles. The van der Waals surface area contributed by atoms with Crippen molar-refractivity contribution in [1.29, 1.82) is 0 Å². The van der Waals surface area contributed by atoms with Crippen molar-refractivity contribution in [1.82, 2.24) is 0 Å². The van der Waals surface area contributed by atoms with Crippen LogP contribution in [0.3, 0.4) is 0 Å². The van der Waals surface area contributed by atoms with Gasteiger partial charge in [-0.1, -0.05) is 34.6 Å². The van der Waals surface area contributed by atoms with Gasteiger partial charge >= 0.3 is 0 Å². The molecule has 7 heteroatoms. The van der Waals surface area contributed by atoms with Crippen LogP contribution >= 0.6 is 0 Å². The molecule has 2 saturated carbocycles. The highest BCUT2D eigenvalue weighted by Crippen LogP contribution is 2.64. The summed E-state index contributed by atoms with van der Waals surface area (Å²) in [6, 6.07) is 0. The summed E-state index contributed by atoms with van der Waals surface area (Å²) in [5.74, 6) is 0.832. The van der Waals surface area contributed by atoms with E-state index < -0.39 is 21.3 Å². The van der Waals surface area contributed by atoms with Gasteiger partial charge in [0, 0.05) is 17.3 Å². The van der Waals surface area contributed by atoms with Crippen LogP contribution in [0.4, 0.5) is 0 Å². The molecule has 0 aliphatic heterocycles. The van der Waals surface area contributed by atoms with Crippen LogP contribution in [0.5, 0.6) is 0 Å². The minimum atomic E-state index is -4.33. The van der Waals surface area contributed by atoms with Crippen LogP contribution in [0.15, 0.2) is 0 Å². The molecule has 2 aliphatic rings. The van der Waals surface area contributed by atoms with Crippen molar-refractivity contribution in [3.63, 3.8) is 0 Å². The van der Waals surface area contributed by atoms with E-state index in [1.54, 1.807) is 0 Å². The van der Waals surface area contributed by atoms with E-state index >= 15 is 0 Å². The predicted molar refractivity (Wildman–Crippen MR) is 115 cm³/mol. The summed E-state index contributed by atoms with van der Waals surface area (Å²) in [4.78, 5) is 23.6. The van der Waals surface area contributed by atoms with Crippen molar-refractivity contribution >= 4 is 32.6 Å². The van der Waals surface area contributed by atoms with Crippen LogP contribution in [0.2, 0.25) is 0 Å². The van der Waals surface area contributed by atoms with Gasteiger partial charge in [-0.3, -0.25) is 9.59 Å². The van der Waals surface area contributed by atoms with Crippen LogP contribution in [0.1, 0.15) is 74.7 Å². The van der Waals surface area contributed by atoms with Crippen molar-refractivity contribution in [2.45, 2.75) is 79.4 Å². The molecule has 3 atom stereocenters. The maximum atomic E-state index is 11.8. The monoisotopic (exact) mass is 434 g/mol. The first-order valence-electron chi connectivity index (χ1n) is 9.87. The lowest BCUT2D eigenvalue weighted by atomic mass is 9.70. The molecule has 28 heavy (non-hydrogen) atoms. The Hall–Kier alpha value is -0.400. The largest absolute Gasteiger partial charge is 0.748 e. The van der Waals surface area contributed by atoms with E-state index in [1.165, 1.54) is 0 Å². The summed E-state index contributed by atoms with van der Waals surface area (Å²) < 4.78 is 33.0. The van der Waals surface area contributed by atoms with E-state index in [0.717, 1.165) is 12.2 Å². The van der Waals surface area contributed by atoms with Crippen LogP contribution in [-0.4, -0.2) is 47.0 Å². The fraction of sp³-hybridized carbons (Fsp3) is 0.905. The second kappa shape index (κ2) is 8.03. The maximum absolute atomic E-state index is 11.8.